The van der Waals surface area contributed by atoms with Gasteiger partial charge in [0, 0.05) is 0 Å². The van der Waals surface area contributed by atoms with Crippen LogP contribution in [-0.2, 0) is 0 Å². The monoisotopic (exact) mass is 200 g/mol. The Labute approximate surface area is 90.7 Å². The molecule has 0 aliphatic heterocycles. The highest BCUT2D eigenvalue weighted by atomic mass is 14.7. The summed E-state index contributed by atoms with van der Waals surface area (Å²) in [6.45, 7) is 5.16. The Bertz CT molecular complexity index is 415. The van der Waals surface area contributed by atoms with E-state index in [-0.39, 0.29) is 5.41 Å². The van der Waals surface area contributed by atoms with Gasteiger partial charge in [0.15, 0.2) is 0 Å². The number of nitriles is 1. The molecule has 0 spiro atoms. The van der Waals surface area contributed by atoms with Gasteiger partial charge in [-0.3, -0.25) is 0 Å². The maximum absolute atomic E-state index is 9.04. The van der Waals surface area contributed by atoms with Gasteiger partial charge >= 0.3 is 0 Å². The molecule has 15 heavy (non-hydrogen) atoms. The average molecular weight is 200 g/mol. The first-order valence-electron chi connectivity index (χ1n) is 5.32. The first-order valence-corrected chi connectivity index (χ1v) is 5.32. The molecule has 1 aliphatic rings. The van der Waals surface area contributed by atoms with Crippen LogP contribution in [0.25, 0.3) is 0 Å². The Morgan fingerprint density at radius 3 is 2.60 bits per heavy atom. The summed E-state index contributed by atoms with van der Waals surface area (Å²) in [4.78, 5) is 0. The molecule has 0 heterocycles. The molecular weight excluding hydrogens is 184 g/mol. The van der Waals surface area contributed by atoms with E-state index < -0.39 is 0 Å². The third kappa shape index (κ3) is 1.44. The second-order valence-electron chi connectivity index (χ2n) is 4.84. The molecule has 1 fully saturated rings. The Morgan fingerprint density at radius 1 is 1.40 bits per heavy atom. The molecule has 1 aromatic carbocycles. The summed E-state index contributed by atoms with van der Waals surface area (Å²) >= 11 is 0. The third-order valence-corrected chi connectivity index (χ3v) is 3.72. The van der Waals surface area contributed by atoms with Crippen molar-refractivity contribution in [3.63, 3.8) is 0 Å². The van der Waals surface area contributed by atoms with Crippen molar-refractivity contribution in [2.45, 2.75) is 19.8 Å². The fourth-order valence-corrected chi connectivity index (χ4v) is 2.67. The molecule has 0 amide bonds. The van der Waals surface area contributed by atoms with Gasteiger partial charge in [-0.15, -0.1) is 0 Å². The Balaban J connectivity index is 2.37. The number of nitrogens with two attached hydrogens (primary N) is 1. The summed E-state index contributed by atoms with van der Waals surface area (Å²) in [5.41, 5.74) is 7.96. The minimum atomic E-state index is 0.252. The highest BCUT2D eigenvalue weighted by Crippen LogP contribution is 2.64. The van der Waals surface area contributed by atoms with Crippen molar-refractivity contribution in [1.82, 2.24) is 0 Å². The smallest absolute Gasteiger partial charge is 0.0994 e. The second kappa shape index (κ2) is 3.36. The molecule has 0 bridgehead atoms. The minimum Gasteiger partial charge on any atom is -0.330 e. The lowest BCUT2D eigenvalue weighted by molar-refractivity contribution is 0.558. The Hall–Kier alpha value is -1.33. The van der Waals surface area contributed by atoms with Crippen molar-refractivity contribution < 1.29 is 0 Å². The van der Waals surface area contributed by atoms with Crippen LogP contribution in [0.5, 0.6) is 0 Å². The molecule has 1 aromatic rings. The number of nitrogens with zero attached hydrogens (tertiary/aromatic N) is 1. The summed E-state index contributed by atoms with van der Waals surface area (Å²) < 4.78 is 0. The van der Waals surface area contributed by atoms with E-state index in [2.05, 4.69) is 26.0 Å². The number of hydrogen-bond donors (Lipinski definition) is 1. The van der Waals surface area contributed by atoms with Crippen LogP contribution >= 0.6 is 0 Å². The van der Waals surface area contributed by atoms with Crippen molar-refractivity contribution in [3.05, 3.63) is 35.4 Å². The van der Waals surface area contributed by atoms with Gasteiger partial charge in [-0.05, 0) is 35.4 Å². The topological polar surface area (TPSA) is 49.8 Å². The van der Waals surface area contributed by atoms with Gasteiger partial charge in [0.25, 0.3) is 0 Å². The normalized spacial score (nSPS) is 27.1. The van der Waals surface area contributed by atoms with E-state index in [0.717, 1.165) is 5.56 Å². The van der Waals surface area contributed by atoms with Crippen LogP contribution in [-0.4, -0.2) is 6.54 Å². The van der Waals surface area contributed by atoms with Crippen molar-refractivity contribution in [2.24, 2.45) is 17.1 Å². The predicted molar refractivity (Wildman–Crippen MR) is 60.2 cm³/mol. The van der Waals surface area contributed by atoms with E-state index in [1.165, 1.54) is 5.56 Å². The predicted octanol–water partition coefficient (Wildman–Crippen LogP) is 2.26. The number of benzene rings is 1. The largest absolute Gasteiger partial charge is 0.330 e. The zero-order valence-electron chi connectivity index (χ0n) is 9.20. The molecule has 0 unspecified atom stereocenters. The van der Waals surface area contributed by atoms with Gasteiger partial charge in [0.05, 0.1) is 11.6 Å². The number of rotatable bonds is 2. The van der Waals surface area contributed by atoms with E-state index >= 15 is 0 Å². The van der Waals surface area contributed by atoms with Crippen molar-refractivity contribution in [2.75, 3.05) is 6.54 Å². The zero-order valence-corrected chi connectivity index (χ0v) is 9.20. The molecule has 2 nitrogen and oxygen atoms in total. The van der Waals surface area contributed by atoms with Gasteiger partial charge in [0.2, 0.25) is 0 Å². The molecule has 1 aliphatic carbocycles. The van der Waals surface area contributed by atoms with Crippen LogP contribution < -0.4 is 5.73 Å². The first kappa shape index (κ1) is 10.2. The maximum atomic E-state index is 9.04. The van der Waals surface area contributed by atoms with Gasteiger partial charge in [-0.25, -0.2) is 0 Å². The van der Waals surface area contributed by atoms with Gasteiger partial charge in [-0.1, -0.05) is 32.0 Å². The summed E-state index contributed by atoms with van der Waals surface area (Å²) in [7, 11) is 0. The van der Waals surface area contributed by atoms with Crippen molar-refractivity contribution in [3.8, 4) is 6.07 Å². The summed E-state index contributed by atoms with van der Waals surface area (Å²) in [5.74, 6) is 0.977. The lowest BCUT2D eigenvalue weighted by atomic mass is 9.99. The van der Waals surface area contributed by atoms with Crippen molar-refractivity contribution in [1.29, 1.82) is 5.26 Å². The minimum absolute atomic E-state index is 0.252. The van der Waals surface area contributed by atoms with E-state index in [1.807, 2.05) is 18.2 Å². The molecule has 78 valence electrons. The molecule has 2 atom stereocenters. The Kier molecular flexibility index (Phi) is 2.28. The molecule has 0 saturated heterocycles. The highest BCUT2D eigenvalue weighted by molar-refractivity contribution is 5.44. The van der Waals surface area contributed by atoms with E-state index in [4.69, 9.17) is 11.0 Å². The molecule has 2 heteroatoms. The van der Waals surface area contributed by atoms with E-state index in [9.17, 15) is 0 Å². The van der Waals surface area contributed by atoms with Crippen LogP contribution in [0.15, 0.2) is 24.3 Å². The fourth-order valence-electron chi connectivity index (χ4n) is 2.67. The quantitative estimate of drug-likeness (QED) is 0.796. The SMILES string of the molecule is CC1(C)[C@H](CN)[C@H]1c1ccccc1C#N. The lowest BCUT2D eigenvalue weighted by Gasteiger charge is -2.04. The summed E-state index contributed by atoms with van der Waals surface area (Å²) in [6, 6.07) is 10.1. The van der Waals surface area contributed by atoms with Crippen LogP contribution in [0.1, 0.15) is 30.9 Å². The highest BCUT2D eigenvalue weighted by Gasteiger charge is 2.57. The molecule has 2 N–H and O–H groups in total. The first-order chi connectivity index (χ1) is 7.12. The van der Waals surface area contributed by atoms with Gasteiger partial charge < -0.3 is 5.73 Å². The summed E-state index contributed by atoms with van der Waals surface area (Å²) in [5, 5.41) is 9.04. The molecule has 2 rings (SSSR count). The van der Waals surface area contributed by atoms with Gasteiger partial charge in [0.1, 0.15) is 0 Å². The molecule has 1 saturated carbocycles. The van der Waals surface area contributed by atoms with Gasteiger partial charge in [-0.2, -0.15) is 5.26 Å². The van der Waals surface area contributed by atoms with Crippen molar-refractivity contribution >= 4 is 0 Å². The Morgan fingerprint density at radius 2 is 2.07 bits per heavy atom. The van der Waals surface area contributed by atoms with E-state index in [1.54, 1.807) is 0 Å². The van der Waals surface area contributed by atoms with Crippen LogP contribution in [0.4, 0.5) is 0 Å². The third-order valence-electron chi connectivity index (χ3n) is 3.72. The van der Waals surface area contributed by atoms with Crippen LogP contribution in [0.2, 0.25) is 0 Å². The molecular formula is C13H16N2. The second-order valence-corrected chi connectivity index (χ2v) is 4.84. The molecule has 0 aromatic heterocycles. The fraction of sp³-hybridized carbons (Fsp3) is 0.462. The van der Waals surface area contributed by atoms with E-state index in [0.29, 0.717) is 18.4 Å². The summed E-state index contributed by atoms with van der Waals surface area (Å²) in [6.07, 6.45) is 0. The van der Waals surface area contributed by atoms with Crippen LogP contribution in [0, 0.1) is 22.7 Å². The maximum Gasteiger partial charge on any atom is 0.0994 e. The standard InChI is InChI=1S/C13H16N2/c1-13(2)11(8-15)12(13)10-6-4-3-5-9(10)7-14/h3-6,11-12H,8,15H2,1-2H3/t11-,12-/m1/s1. The lowest BCUT2D eigenvalue weighted by Crippen LogP contribution is -2.05. The van der Waals surface area contributed by atoms with Crippen LogP contribution in [0.3, 0.4) is 0 Å². The zero-order chi connectivity index (χ0) is 11.1. The molecule has 0 radical (unpaired) electrons. The average Bonchev–Trinajstić information content (AvgIpc) is 2.80. The number of hydrogen-bond acceptors (Lipinski definition) is 2.